The van der Waals surface area contributed by atoms with Crippen LogP contribution in [0.5, 0.6) is 23.0 Å². The molecule has 2 aromatic carbocycles. The molecule has 0 spiro atoms. The Kier molecular flexibility index (Phi) is 12.6. The summed E-state index contributed by atoms with van der Waals surface area (Å²) in [5.41, 5.74) is 1.93. The molecule has 0 aliphatic heterocycles. The van der Waals surface area contributed by atoms with Gasteiger partial charge in [0.25, 0.3) is 5.09 Å². The van der Waals surface area contributed by atoms with Crippen LogP contribution in [0.15, 0.2) is 36.4 Å². The van der Waals surface area contributed by atoms with Crippen LogP contribution < -0.4 is 18.9 Å². The minimum atomic E-state index is -0.824. The number of benzene rings is 2. The fourth-order valence-electron chi connectivity index (χ4n) is 4.46. The Labute approximate surface area is 231 Å². The van der Waals surface area contributed by atoms with Gasteiger partial charge in [-0.15, -0.1) is 10.1 Å². The molecule has 0 aromatic heterocycles. The third kappa shape index (κ3) is 9.52. The van der Waals surface area contributed by atoms with Gasteiger partial charge in [0, 0.05) is 12.6 Å². The molecule has 0 N–H and O–H groups in total. The Bertz CT molecular complexity index is 1100. The topological polar surface area (TPSA) is 116 Å². The molecule has 3 unspecified atom stereocenters. The summed E-state index contributed by atoms with van der Waals surface area (Å²) in [5, 5.41) is 18.8. The zero-order valence-corrected chi connectivity index (χ0v) is 24.0. The minimum Gasteiger partial charge on any atom is -0.493 e. The van der Waals surface area contributed by atoms with Crippen molar-refractivity contribution in [3.63, 3.8) is 0 Å². The summed E-state index contributed by atoms with van der Waals surface area (Å²) in [4.78, 5) is 17.4. The van der Waals surface area contributed by atoms with Gasteiger partial charge in [-0.2, -0.15) is 5.26 Å². The van der Waals surface area contributed by atoms with Crippen LogP contribution in [-0.4, -0.2) is 62.7 Å². The maximum atomic E-state index is 10.6. The molecule has 10 heteroatoms. The maximum absolute atomic E-state index is 10.6. The Morgan fingerprint density at radius 3 is 2.23 bits per heavy atom. The number of hydrogen-bond donors (Lipinski definition) is 0. The lowest BCUT2D eigenvalue weighted by atomic mass is 9.95. The predicted molar refractivity (Wildman–Crippen MR) is 148 cm³/mol. The zero-order chi connectivity index (χ0) is 28.9. The molecule has 0 aliphatic rings. The van der Waals surface area contributed by atoms with Gasteiger partial charge in [-0.25, -0.2) is 0 Å². The van der Waals surface area contributed by atoms with Crippen LogP contribution in [0.2, 0.25) is 0 Å². The second kappa shape index (κ2) is 15.6. The van der Waals surface area contributed by atoms with Gasteiger partial charge in [0.05, 0.1) is 26.7 Å². The van der Waals surface area contributed by atoms with Crippen molar-refractivity contribution in [1.82, 2.24) is 4.90 Å². The van der Waals surface area contributed by atoms with Crippen molar-refractivity contribution in [1.29, 1.82) is 5.26 Å². The lowest BCUT2D eigenvalue weighted by Gasteiger charge is -2.36. The van der Waals surface area contributed by atoms with E-state index >= 15 is 0 Å². The molecule has 214 valence electrons. The fraction of sp³-hybridized carbons (Fsp3) is 0.552. The SMILES string of the molecule is CCC(C(Oc1ccc(CC#N)cc1OC)C(C)C)N(C)CCc1ccc(OC)c(OCC(C)O[N+](=O)[O-])c1. The maximum Gasteiger partial charge on any atom is 0.294 e. The van der Waals surface area contributed by atoms with E-state index in [0.29, 0.717) is 29.4 Å². The summed E-state index contributed by atoms with van der Waals surface area (Å²) >= 11 is 0. The van der Waals surface area contributed by atoms with Gasteiger partial charge < -0.3 is 23.8 Å². The molecule has 39 heavy (non-hydrogen) atoms. The molecule has 0 heterocycles. The van der Waals surface area contributed by atoms with Crippen LogP contribution in [0.25, 0.3) is 0 Å². The van der Waals surface area contributed by atoms with Crippen molar-refractivity contribution in [2.45, 2.75) is 65.2 Å². The predicted octanol–water partition coefficient (Wildman–Crippen LogP) is 5.10. The molecule has 0 radical (unpaired) electrons. The third-order valence-corrected chi connectivity index (χ3v) is 6.52. The molecule has 2 aromatic rings. The lowest BCUT2D eigenvalue weighted by molar-refractivity contribution is -0.767. The summed E-state index contributed by atoms with van der Waals surface area (Å²) in [6.07, 6.45) is 1.16. The largest absolute Gasteiger partial charge is 0.493 e. The van der Waals surface area contributed by atoms with Gasteiger partial charge in [0.2, 0.25) is 0 Å². The van der Waals surface area contributed by atoms with Gasteiger partial charge in [0.1, 0.15) is 18.8 Å². The summed E-state index contributed by atoms with van der Waals surface area (Å²) in [6.45, 7) is 8.81. The van der Waals surface area contributed by atoms with Crippen molar-refractivity contribution in [3.05, 3.63) is 57.6 Å². The molecule has 2 rings (SSSR count). The van der Waals surface area contributed by atoms with Crippen molar-refractivity contribution in [3.8, 4) is 29.1 Å². The molecule has 0 aliphatic carbocycles. The van der Waals surface area contributed by atoms with Gasteiger partial charge in [-0.1, -0.05) is 32.9 Å². The van der Waals surface area contributed by atoms with Crippen LogP contribution in [-0.2, 0) is 17.7 Å². The second-order valence-corrected chi connectivity index (χ2v) is 9.79. The molecular formula is C29H41N3O7. The standard InChI is InChI=1S/C29H41N3O7/c1-8-24(29(20(2)3)38-26-12-10-22(13-15-30)17-27(26)36-7)31(5)16-14-23-9-11-25(35-6)28(18-23)37-19-21(4)39-32(33)34/h9-12,17-18,20-21,24,29H,8,13-14,16,19H2,1-7H3. The molecule has 0 bridgehead atoms. The summed E-state index contributed by atoms with van der Waals surface area (Å²) in [5.74, 6) is 2.59. The summed E-state index contributed by atoms with van der Waals surface area (Å²) in [6, 6.07) is 13.7. The van der Waals surface area contributed by atoms with Gasteiger partial charge in [-0.05, 0) is 68.1 Å². The van der Waals surface area contributed by atoms with E-state index in [1.165, 1.54) is 0 Å². The number of likely N-dealkylation sites (N-methyl/N-ethyl adjacent to an activating group) is 1. The van der Waals surface area contributed by atoms with Crippen molar-refractivity contribution in [2.75, 3.05) is 34.4 Å². The highest BCUT2D eigenvalue weighted by molar-refractivity contribution is 5.44. The zero-order valence-electron chi connectivity index (χ0n) is 24.0. The van der Waals surface area contributed by atoms with E-state index in [2.05, 4.69) is 43.6 Å². The Morgan fingerprint density at radius 2 is 1.64 bits per heavy atom. The Balaban J connectivity index is 2.13. The Hall–Kier alpha value is -3.71. The van der Waals surface area contributed by atoms with E-state index in [1.807, 2.05) is 36.4 Å². The summed E-state index contributed by atoms with van der Waals surface area (Å²) in [7, 11) is 5.25. The molecule has 0 fully saturated rings. The van der Waals surface area contributed by atoms with E-state index in [9.17, 15) is 10.1 Å². The Morgan fingerprint density at radius 1 is 1.00 bits per heavy atom. The minimum absolute atomic E-state index is 0.0208. The molecule has 0 saturated carbocycles. The number of rotatable bonds is 17. The molecular weight excluding hydrogens is 502 g/mol. The van der Waals surface area contributed by atoms with Gasteiger partial charge in [-0.3, -0.25) is 4.90 Å². The number of nitriles is 1. The number of hydrogen-bond acceptors (Lipinski definition) is 9. The first-order valence-corrected chi connectivity index (χ1v) is 13.1. The fourth-order valence-corrected chi connectivity index (χ4v) is 4.46. The third-order valence-electron chi connectivity index (χ3n) is 6.52. The number of methoxy groups -OCH3 is 2. The van der Waals surface area contributed by atoms with Crippen molar-refractivity contribution in [2.24, 2.45) is 5.92 Å². The van der Waals surface area contributed by atoms with Gasteiger partial charge in [0.15, 0.2) is 23.0 Å². The summed E-state index contributed by atoms with van der Waals surface area (Å²) < 4.78 is 23.3. The highest BCUT2D eigenvalue weighted by Crippen LogP contribution is 2.32. The lowest BCUT2D eigenvalue weighted by Crippen LogP contribution is -2.47. The van der Waals surface area contributed by atoms with Gasteiger partial charge >= 0.3 is 0 Å². The van der Waals surface area contributed by atoms with E-state index in [4.69, 9.17) is 24.2 Å². The molecule has 0 saturated heterocycles. The quantitative estimate of drug-likeness (QED) is 0.198. The highest BCUT2D eigenvalue weighted by atomic mass is 17.0. The van der Waals surface area contributed by atoms with E-state index in [-0.39, 0.29) is 24.7 Å². The van der Waals surface area contributed by atoms with Crippen LogP contribution in [0.4, 0.5) is 0 Å². The smallest absolute Gasteiger partial charge is 0.294 e. The average molecular weight is 544 g/mol. The van der Waals surface area contributed by atoms with Crippen LogP contribution >= 0.6 is 0 Å². The second-order valence-electron chi connectivity index (χ2n) is 9.79. The normalized spacial score (nSPS) is 13.3. The molecule has 0 amide bonds. The first kappa shape index (κ1) is 31.5. The van der Waals surface area contributed by atoms with E-state index in [1.54, 1.807) is 21.1 Å². The van der Waals surface area contributed by atoms with Crippen molar-refractivity contribution >= 4 is 0 Å². The average Bonchev–Trinajstić information content (AvgIpc) is 2.90. The number of ether oxygens (including phenoxy) is 4. The number of nitrogens with zero attached hydrogens (tertiary/aromatic N) is 3. The van der Waals surface area contributed by atoms with Crippen molar-refractivity contribution < 1.29 is 28.9 Å². The molecule has 3 atom stereocenters. The molecule has 10 nitrogen and oxygen atoms in total. The van der Waals surface area contributed by atoms with Crippen LogP contribution in [0.1, 0.15) is 45.2 Å². The van der Waals surface area contributed by atoms with Crippen LogP contribution in [0.3, 0.4) is 0 Å². The van der Waals surface area contributed by atoms with Crippen LogP contribution in [0, 0.1) is 27.4 Å². The first-order valence-electron chi connectivity index (χ1n) is 13.1. The highest BCUT2D eigenvalue weighted by Gasteiger charge is 2.29. The monoisotopic (exact) mass is 543 g/mol. The van der Waals surface area contributed by atoms with E-state index < -0.39 is 11.2 Å². The van der Waals surface area contributed by atoms with E-state index in [0.717, 1.165) is 30.5 Å². The first-order chi connectivity index (χ1) is 18.6.